The molecule has 1 aromatic rings. The van der Waals surface area contributed by atoms with E-state index in [2.05, 4.69) is 43.0 Å². The zero-order valence-electron chi connectivity index (χ0n) is 11.3. The predicted octanol–water partition coefficient (Wildman–Crippen LogP) is 2.93. The zero-order valence-corrected chi connectivity index (χ0v) is 11.3. The highest BCUT2D eigenvalue weighted by Crippen LogP contribution is 2.37. The Morgan fingerprint density at radius 2 is 2.06 bits per heavy atom. The summed E-state index contributed by atoms with van der Waals surface area (Å²) in [5.41, 5.74) is 7.11. The standard InChI is InChI=1S/C15H23N3/c1-15(2)9-6-10-18(15)13(11-14(16)17)12-7-4-3-5-8-12/h3-5,7-8,13H,6,9-11H2,1-2H3,(H3,16,17). The first-order valence-electron chi connectivity index (χ1n) is 6.65. The van der Waals surface area contributed by atoms with Gasteiger partial charge in [0.2, 0.25) is 0 Å². The van der Waals surface area contributed by atoms with Gasteiger partial charge < -0.3 is 5.73 Å². The highest BCUT2D eigenvalue weighted by molar-refractivity contribution is 5.77. The molecular formula is C15H23N3. The van der Waals surface area contributed by atoms with Gasteiger partial charge in [-0.1, -0.05) is 30.3 Å². The summed E-state index contributed by atoms with van der Waals surface area (Å²) in [6.07, 6.45) is 3.07. The summed E-state index contributed by atoms with van der Waals surface area (Å²) in [7, 11) is 0. The smallest absolute Gasteiger partial charge is 0.0924 e. The van der Waals surface area contributed by atoms with Crippen molar-refractivity contribution in [3.63, 3.8) is 0 Å². The number of hydrogen-bond acceptors (Lipinski definition) is 2. The van der Waals surface area contributed by atoms with Crippen LogP contribution in [0.5, 0.6) is 0 Å². The van der Waals surface area contributed by atoms with E-state index in [0.717, 1.165) is 6.54 Å². The maximum Gasteiger partial charge on any atom is 0.0924 e. The van der Waals surface area contributed by atoms with Crippen LogP contribution in [0.15, 0.2) is 30.3 Å². The van der Waals surface area contributed by atoms with Crippen molar-refractivity contribution in [3.05, 3.63) is 35.9 Å². The van der Waals surface area contributed by atoms with E-state index in [1.165, 1.54) is 18.4 Å². The average molecular weight is 245 g/mol. The fourth-order valence-corrected chi connectivity index (χ4v) is 3.00. The summed E-state index contributed by atoms with van der Waals surface area (Å²) in [6.45, 7) is 5.67. The van der Waals surface area contributed by atoms with Crippen LogP contribution < -0.4 is 5.73 Å². The van der Waals surface area contributed by atoms with Crippen LogP contribution in [-0.4, -0.2) is 22.8 Å². The molecular weight excluding hydrogens is 222 g/mol. The average Bonchev–Trinajstić information content (AvgIpc) is 2.67. The number of nitrogens with one attached hydrogen (secondary N) is 1. The van der Waals surface area contributed by atoms with Crippen molar-refractivity contribution in [2.45, 2.75) is 44.7 Å². The molecule has 1 unspecified atom stereocenters. The molecule has 3 N–H and O–H groups in total. The van der Waals surface area contributed by atoms with Gasteiger partial charge in [-0.05, 0) is 38.8 Å². The molecule has 1 aliphatic rings. The summed E-state index contributed by atoms with van der Waals surface area (Å²) < 4.78 is 0. The molecule has 3 heteroatoms. The van der Waals surface area contributed by atoms with Crippen molar-refractivity contribution in [3.8, 4) is 0 Å². The van der Waals surface area contributed by atoms with Crippen LogP contribution in [0.2, 0.25) is 0 Å². The molecule has 0 aromatic heterocycles. The molecule has 1 saturated heterocycles. The van der Waals surface area contributed by atoms with E-state index in [0.29, 0.717) is 6.42 Å². The minimum atomic E-state index is 0.204. The second kappa shape index (κ2) is 5.11. The van der Waals surface area contributed by atoms with Crippen molar-refractivity contribution in [2.75, 3.05) is 6.54 Å². The lowest BCUT2D eigenvalue weighted by Crippen LogP contribution is -2.42. The molecule has 0 radical (unpaired) electrons. The zero-order chi connectivity index (χ0) is 13.2. The van der Waals surface area contributed by atoms with E-state index in [9.17, 15) is 0 Å². The Labute approximate surface area is 109 Å². The fraction of sp³-hybridized carbons (Fsp3) is 0.533. The Balaban J connectivity index is 2.28. The minimum absolute atomic E-state index is 0.204. The van der Waals surface area contributed by atoms with Gasteiger partial charge in [-0.15, -0.1) is 0 Å². The largest absolute Gasteiger partial charge is 0.388 e. The van der Waals surface area contributed by atoms with Crippen LogP contribution in [0.25, 0.3) is 0 Å². The molecule has 0 amide bonds. The number of nitrogens with zero attached hydrogens (tertiary/aromatic N) is 1. The van der Waals surface area contributed by atoms with Crippen LogP contribution >= 0.6 is 0 Å². The number of rotatable bonds is 4. The molecule has 2 rings (SSSR count). The molecule has 98 valence electrons. The quantitative estimate of drug-likeness (QED) is 0.633. The van der Waals surface area contributed by atoms with Crippen LogP contribution in [0.3, 0.4) is 0 Å². The van der Waals surface area contributed by atoms with Crippen molar-refractivity contribution < 1.29 is 0 Å². The normalized spacial score (nSPS) is 20.8. The van der Waals surface area contributed by atoms with E-state index >= 15 is 0 Å². The van der Waals surface area contributed by atoms with Gasteiger partial charge >= 0.3 is 0 Å². The number of hydrogen-bond donors (Lipinski definition) is 2. The topological polar surface area (TPSA) is 53.1 Å². The molecule has 0 saturated carbocycles. The minimum Gasteiger partial charge on any atom is -0.388 e. The molecule has 0 spiro atoms. The molecule has 1 aliphatic heterocycles. The summed E-state index contributed by atoms with van der Waals surface area (Å²) >= 11 is 0. The highest BCUT2D eigenvalue weighted by atomic mass is 15.2. The summed E-state index contributed by atoms with van der Waals surface area (Å²) in [5.74, 6) is 0.270. The SMILES string of the molecule is CC1(C)CCCN1C(CC(=N)N)c1ccccc1. The van der Waals surface area contributed by atoms with Gasteiger partial charge in [0.05, 0.1) is 5.84 Å². The van der Waals surface area contributed by atoms with Gasteiger partial charge in [0.25, 0.3) is 0 Å². The molecule has 1 aromatic carbocycles. The second-order valence-electron chi connectivity index (χ2n) is 5.77. The first-order chi connectivity index (χ1) is 8.50. The first kappa shape index (κ1) is 13.1. The molecule has 0 aliphatic carbocycles. The summed E-state index contributed by atoms with van der Waals surface area (Å²) in [6, 6.07) is 10.7. The number of benzene rings is 1. The third kappa shape index (κ3) is 2.72. The Hall–Kier alpha value is -1.35. The number of amidine groups is 1. The molecule has 1 atom stereocenters. The lowest BCUT2D eigenvalue weighted by Gasteiger charge is -2.38. The van der Waals surface area contributed by atoms with Crippen LogP contribution in [-0.2, 0) is 0 Å². The van der Waals surface area contributed by atoms with Crippen LogP contribution in [0.1, 0.15) is 44.7 Å². The lowest BCUT2D eigenvalue weighted by atomic mass is 9.95. The monoisotopic (exact) mass is 245 g/mol. The maximum absolute atomic E-state index is 7.62. The van der Waals surface area contributed by atoms with E-state index < -0.39 is 0 Å². The Morgan fingerprint density at radius 1 is 1.39 bits per heavy atom. The Morgan fingerprint density at radius 3 is 2.56 bits per heavy atom. The Kier molecular flexibility index (Phi) is 3.71. The van der Waals surface area contributed by atoms with Gasteiger partial charge in [-0.2, -0.15) is 0 Å². The van der Waals surface area contributed by atoms with Crippen molar-refractivity contribution >= 4 is 5.84 Å². The fourth-order valence-electron chi connectivity index (χ4n) is 3.00. The number of likely N-dealkylation sites (tertiary alicyclic amines) is 1. The highest BCUT2D eigenvalue weighted by Gasteiger charge is 2.37. The van der Waals surface area contributed by atoms with Gasteiger partial charge in [0.15, 0.2) is 0 Å². The van der Waals surface area contributed by atoms with Gasteiger partial charge in [0.1, 0.15) is 0 Å². The van der Waals surface area contributed by atoms with Gasteiger partial charge in [-0.3, -0.25) is 10.3 Å². The molecule has 0 bridgehead atoms. The first-order valence-corrected chi connectivity index (χ1v) is 6.65. The van der Waals surface area contributed by atoms with E-state index in [1.54, 1.807) is 0 Å². The third-order valence-corrected chi connectivity index (χ3v) is 3.94. The lowest BCUT2D eigenvalue weighted by molar-refractivity contribution is 0.118. The molecule has 3 nitrogen and oxygen atoms in total. The van der Waals surface area contributed by atoms with Crippen molar-refractivity contribution in [1.29, 1.82) is 5.41 Å². The summed E-state index contributed by atoms with van der Waals surface area (Å²) in [4.78, 5) is 2.50. The van der Waals surface area contributed by atoms with Gasteiger partial charge in [0, 0.05) is 18.0 Å². The van der Waals surface area contributed by atoms with Crippen LogP contribution in [0.4, 0.5) is 0 Å². The third-order valence-electron chi connectivity index (χ3n) is 3.94. The Bertz CT molecular complexity index is 411. The van der Waals surface area contributed by atoms with Gasteiger partial charge in [-0.25, -0.2) is 0 Å². The van der Waals surface area contributed by atoms with E-state index in [4.69, 9.17) is 11.1 Å². The van der Waals surface area contributed by atoms with Crippen molar-refractivity contribution in [1.82, 2.24) is 4.90 Å². The van der Waals surface area contributed by atoms with E-state index in [-0.39, 0.29) is 17.4 Å². The number of nitrogens with two attached hydrogens (primary N) is 1. The maximum atomic E-state index is 7.62. The second-order valence-corrected chi connectivity index (χ2v) is 5.77. The molecule has 18 heavy (non-hydrogen) atoms. The van der Waals surface area contributed by atoms with E-state index in [1.807, 2.05) is 6.07 Å². The predicted molar refractivity (Wildman–Crippen MR) is 75.7 cm³/mol. The van der Waals surface area contributed by atoms with Crippen LogP contribution in [0, 0.1) is 5.41 Å². The molecule has 1 heterocycles. The molecule has 1 fully saturated rings. The summed E-state index contributed by atoms with van der Waals surface area (Å²) in [5, 5.41) is 7.62. The van der Waals surface area contributed by atoms with Crippen molar-refractivity contribution in [2.24, 2.45) is 5.73 Å².